The average Bonchev–Trinajstić information content (AvgIpc) is 2.09. The van der Waals surface area contributed by atoms with Crippen LogP contribution in [0.5, 0.6) is 5.88 Å². The molecule has 1 aromatic heterocycles. The standard InChI is InChI=1S/C10H14BrNO/c1-4-10(2,3)13-9-8(11)6-5-7-12-9/h5-7H,4H2,1-3H3. The molecule has 0 fully saturated rings. The first-order chi connectivity index (χ1) is 6.05. The third kappa shape index (κ3) is 2.99. The summed E-state index contributed by atoms with van der Waals surface area (Å²) in [5.74, 6) is 0.661. The van der Waals surface area contributed by atoms with Crippen LogP contribution in [0, 0.1) is 0 Å². The maximum Gasteiger partial charge on any atom is 0.228 e. The van der Waals surface area contributed by atoms with Crippen molar-refractivity contribution in [3.63, 3.8) is 0 Å². The van der Waals surface area contributed by atoms with Crippen molar-refractivity contribution in [2.45, 2.75) is 32.8 Å². The average molecular weight is 244 g/mol. The monoisotopic (exact) mass is 243 g/mol. The molecule has 0 bridgehead atoms. The molecule has 0 atom stereocenters. The molecule has 0 aliphatic heterocycles. The highest BCUT2D eigenvalue weighted by molar-refractivity contribution is 9.10. The molecule has 0 aromatic carbocycles. The van der Waals surface area contributed by atoms with Gasteiger partial charge in [-0.05, 0) is 48.3 Å². The van der Waals surface area contributed by atoms with Crippen LogP contribution in [0.3, 0.4) is 0 Å². The van der Waals surface area contributed by atoms with E-state index in [1.165, 1.54) is 0 Å². The number of halogens is 1. The van der Waals surface area contributed by atoms with E-state index in [0.717, 1.165) is 10.9 Å². The molecule has 0 amide bonds. The molecule has 0 aliphatic carbocycles. The Balaban J connectivity index is 2.80. The quantitative estimate of drug-likeness (QED) is 0.812. The van der Waals surface area contributed by atoms with Crippen LogP contribution >= 0.6 is 15.9 Å². The van der Waals surface area contributed by atoms with Crippen molar-refractivity contribution in [3.8, 4) is 5.88 Å². The summed E-state index contributed by atoms with van der Waals surface area (Å²) in [6.45, 7) is 6.19. The van der Waals surface area contributed by atoms with Gasteiger partial charge in [-0.25, -0.2) is 4.98 Å². The van der Waals surface area contributed by atoms with Gasteiger partial charge < -0.3 is 4.74 Å². The Hall–Kier alpha value is -0.570. The lowest BCUT2D eigenvalue weighted by Crippen LogP contribution is -2.27. The first-order valence-electron chi connectivity index (χ1n) is 4.35. The molecule has 0 radical (unpaired) electrons. The van der Waals surface area contributed by atoms with Gasteiger partial charge in [0, 0.05) is 6.20 Å². The number of nitrogens with zero attached hydrogens (tertiary/aromatic N) is 1. The lowest BCUT2D eigenvalue weighted by atomic mass is 10.1. The number of rotatable bonds is 3. The van der Waals surface area contributed by atoms with E-state index in [0.29, 0.717) is 5.88 Å². The van der Waals surface area contributed by atoms with Crippen LogP contribution < -0.4 is 4.74 Å². The van der Waals surface area contributed by atoms with E-state index in [4.69, 9.17) is 4.74 Å². The maximum atomic E-state index is 5.72. The summed E-state index contributed by atoms with van der Waals surface area (Å²) >= 11 is 3.39. The predicted octanol–water partition coefficient (Wildman–Crippen LogP) is 3.41. The molecule has 0 aliphatic rings. The third-order valence-corrected chi connectivity index (χ3v) is 2.55. The van der Waals surface area contributed by atoms with Gasteiger partial charge in [0.05, 0.1) is 4.47 Å². The summed E-state index contributed by atoms with van der Waals surface area (Å²) in [5, 5.41) is 0. The number of aromatic nitrogens is 1. The van der Waals surface area contributed by atoms with E-state index in [2.05, 4.69) is 27.8 Å². The van der Waals surface area contributed by atoms with Gasteiger partial charge >= 0.3 is 0 Å². The Labute approximate surface area is 87.5 Å². The SMILES string of the molecule is CCC(C)(C)Oc1ncccc1Br. The maximum absolute atomic E-state index is 5.72. The van der Waals surface area contributed by atoms with E-state index in [-0.39, 0.29) is 5.60 Å². The number of pyridine rings is 1. The van der Waals surface area contributed by atoms with Crippen molar-refractivity contribution in [2.24, 2.45) is 0 Å². The topological polar surface area (TPSA) is 22.1 Å². The minimum atomic E-state index is -0.156. The normalized spacial score (nSPS) is 11.4. The molecule has 13 heavy (non-hydrogen) atoms. The number of hydrogen-bond donors (Lipinski definition) is 0. The predicted molar refractivity (Wildman–Crippen MR) is 56.9 cm³/mol. The fourth-order valence-corrected chi connectivity index (χ4v) is 1.12. The van der Waals surface area contributed by atoms with E-state index in [9.17, 15) is 0 Å². The fraction of sp³-hybridized carbons (Fsp3) is 0.500. The smallest absolute Gasteiger partial charge is 0.228 e. The van der Waals surface area contributed by atoms with Crippen LogP contribution in [0.1, 0.15) is 27.2 Å². The first-order valence-corrected chi connectivity index (χ1v) is 5.14. The van der Waals surface area contributed by atoms with Gasteiger partial charge in [-0.1, -0.05) is 6.92 Å². The molecule has 0 unspecified atom stereocenters. The second-order valence-electron chi connectivity index (χ2n) is 3.51. The molecule has 1 heterocycles. The Kier molecular flexibility index (Phi) is 3.31. The lowest BCUT2D eigenvalue weighted by molar-refractivity contribution is 0.0979. The van der Waals surface area contributed by atoms with Gasteiger partial charge in [0.2, 0.25) is 5.88 Å². The highest BCUT2D eigenvalue weighted by Crippen LogP contribution is 2.26. The van der Waals surface area contributed by atoms with Crippen LogP contribution in [0.25, 0.3) is 0 Å². The molecule has 0 saturated heterocycles. The van der Waals surface area contributed by atoms with Gasteiger partial charge in [-0.15, -0.1) is 0 Å². The van der Waals surface area contributed by atoms with Crippen molar-refractivity contribution < 1.29 is 4.74 Å². The Morgan fingerprint density at radius 2 is 2.23 bits per heavy atom. The van der Waals surface area contributed by atoms with E-state index >= 15 is 0 Å². The highest BCUT2D eigenvalue weighted by Gasteiger charge is 2.18. The zero-order valence-corrected chi connectivity index (χ0v) is 9.76. The molecule has 72 valence electrons. The summed E-state index contributed by atoms with van der Waals surface area (Å²) < 4.78 is 6.62. The van der Waals surface area contributed by atoms with Crippen LogP contribution in [-0.2, 0) is 0 Å². The second kappa shape index (κ2) is 4.09. The van der Waals surface area contributed by atoms with Gasteiger partial charge in [-0.2, -0.15) is 0 Å². The fourth-order valence-electron chi connectivity index (χ4n) is 0.780. The van der Waals surface area contributed by atoms with Crippen LogP contribution in [0.4, 0.5) is 0 Å². The molecule has 1 rings (SSSR count). The molecule has 3 heteroatoms. The molecule has 2 nitrogen and oxygen atoms in total. The van der Waals surface area contributed by atoms with Crippen LogP contribution in [0.2, 0.25) is 0 Å². The Morgan fingerprint density at radius 3 is 2.77 bits per heavy atom. The van der Waals surface area contributed by atoms with Crippen LogP contribution in [0.15, 0.2) is 22.8 Å². The number of ether oxygens (including phenoxy) is 1. The Bertz CT molecular complexity index is 286. The largest absolute Gasteiger partial charge is 0.471 e. The van der Waals surface area contributed by atoms with Crippen molar-refractivity contribution in [1.82, 2.24) is 4.98 Å². The summed E-state index contributed by atoms with van der Waals surface area (Å²) in [5.41, 5.74) is -0.156. The molecule has 0 spiro atoms. The second-order valence-corrected chi connectivity index (χ2v) is 4.36. The minimum Gasteiger partial charge on any atom is -0.471 e. The summed E-state index contributed by atoms with van der Waals surface area (Å²) in [6, 6.07) is 3.80. The summed E-state index contributed by atoms with van der Waals surface area (Å²) in [4.78, 5) is 4.14. The first kappa shape index (κ1) is 10.5. The number of hydrogen-bond acceptors (Lipinski definition) is 2. The molecule has 0 N–H and O–H groups in total. The zero-order chi connectivity index (χ0) is 9.90. The highest BCUT2D eigenvalue weighted by atomic mass is 79.9. The third-order valence-electron chi connectivity index (χ3n) is 1.95. The van der Waals surface area contributed by atoms with E-state index in [1.54, 1.807) is 6.20 Å². The summed E-state index contributed by atoms with van der Waals surface area (Å²) in [7, 11) is 0. The lowest BCUT2D eigenvalue weighted by Gasteiger charge is -2.24. The molecular weight excluding hydrogens is 230 g/mol. The minimum absolute atomic E-state index is 0.156. The van der Waals surface area contributed by atoms with E-state index in [1.807, 2.05) is 26.0 Å². The van der Waals surface area contributed by atoms with Gasteiger partial charge in [-0.3, -0.25) is 0 Å². The van der Waals surface area contributed by atoms with Crippen molar-refractivity contribution >= 4 is 15.9 Å². The van der Waals surface area contributed by atoms with Crippen molar-refractivity contribution in [1.29, 1.82) is 0 Å². The summed E-state index contributed by atoms with van der Waals surface area (Å²) in [6.07, 6.45) is 2.68. The molecular formula is C10H14BrNO. The molecule has 1 aromatic rings. The zero-order valence-electron chi connectivity index (χ0n) is 8.17. The van der Waals surface area contributed by atoms with Gasteiger partial charge in [0.15, 0.2) is 0 Å². The van der Waals surface area contributed by atoms with Crippen molar-refractivity contribution in [3.05, 3.63) is 22.8 Å². The van der Waals surface area contributed by atoms with Crippen LogP contribution in [-0.4, -0.2) is 10.6 Å². The van der Waals surface area contributed by atoms with Gasteiger partial charge in [0.1, 0.15) is 5.60 Å². The van der Waals surface area contributed by atoms with E-state index < -0.39 is 0 Å². The molecule has 0 saturated carbocycles. The Morgan fingerprint density at radius 1 is 1.54 bits per heavy atom. The van der Waals surface area contributed by atoms with Gasteiger partial charge in [0.25, 0.3) is 0 Å². The van der Waals surface area contributed by atoms with Crippen molar-refractivity contribution in [2.75, 3.05) is 0 Å².